The van der Waals surface area contributed by atoms with Crippen molar-refractivity contribution in [3.63, 3.8) is 0 Å². The van der Waals surface area contributed by atoms with E-state index in [-0.39, 0.29) is 18.2 Å². The number of aliphatic hydroxyl groups excluding tert-OH is 1. The van der Waals surface area contributed by atoms with Gasteiger partial charge in [0, 0.05) is 30.8 Å². The lowest BCUT2D eigenvalue weighted by atomic mass is 10.1. The second-order valence-electron chi connectivity index (χ2n) is 4.71. The molecule has 1 aromatic carbocycles. The first-order chi connectivity index (χ1) is 9.54. The minimum Gasteiger partial charge on any atom is -0.396 e. The molecule has 0 aliphatic carbocycles. The van der Waals surface area contributed by atoms with Crippen LogP contribution in [0, 0.1) is 17.0 Å². The Morgan fingerprint density at radius 2 is 1.95 bits per heavy atom. The van der Waals surface area contributed by atoms with Crippen LogP contribution in [-0.2, 0) is 0 Å². The fourth-order valence-corrected chi connectivity index (χ4v) is 1.89. The van der Waals surface area contributed by atoms with Crippen molar-refractivity contribution in [2.45, 2.75) is 32.6 Å². The Bertz CT molecular complexity index is 474. The first-order valence-electron chi connectivity index (χ1n) is 6.69. The number of nitro benzene ring substituents is 1. The summed E-state index contributed by atoms with van der Waals surface area (Å²) < 4.78 is 0. The molecule has 0 heterocycles. The number of unbranched alkanes of at least 4 members (excludes halogenated alkanes) is 3. The molecule has 0 radical (unpaired) electrons. The van der Waals surface area contributed by atoms with E-state index in [0.29, 0.717) is 17.7 Å². The predicted octanol–water partition coefficient (Wildman–Crippen LogP) is 2.19. The van der Waals surface area contributed by atoms with Crippen molar-refractivity contribution in [2.75, 3.05) is 13.2 Å². The van der Waals surface area contributed by atoms with E-state index in [2.05, 4.69) is 5.32 Å². The average Bonchev–Trinajstić information content (AvgIpc) is 2.41. The number of carbonyl (C=O) groups excluding carboxylic acids is 1. The SMILES string of the molecule is Cc1cc(C(=O)NCCCCCCO)cc([N+](=O)[O-])c1. The van der Waals surface area contributed by atoms with E-state index in [1.807, 2.05) is 0 Å². The van der Waals surface area contributed by atoms with Gasteiger partial charge in [-0.3, -0.25) is 14.9 Å². The van der Waals surface area contributed by atoms with Crippen molar-refractivity contribution in [1.29, 1.82) is 0 Å². The monoisotopic (exact) mass is 280 g/mol. The number of nitro groups is 1. The van der Waals surface area contributed by atoms with Gasteiger partial charge in [-0.2, -0.15) is 0 Å². The summed E-state index contributed by atoms with van der Waals surface area (Å²) in [5.74, 6) is -0.293. The smallest absolute Gasteiger partial charge is 0.270 e. The van der Waals surface area contributed by atoms with Crippen LogP contribution in [0.5, 0.6) is 0 Å². The fraction of sp³-hybridized carbons (Fsp3) is 0.500. The van der Waals surface area contributed by atoms with Crippen LogP contribution in [0.3, 0.4) is 0 Å². The highest BCUT2D eigenvalue weighted by Crippen LogP contribution is 2.16. The van der Waals surface area contributed by atoms with Crippen molar-refractivity contribution < 1.29 is 14.8 Å². The third-order valence-corrected chi connectivity index (χ3v) is 2.91. The number of aryl methyl sites for hydroxylation is 1. The number of amides is 1. The third-order valence-electron chi connectivity index (χ3n) is 2.91. The maximum Gasteiger partial charge on any atom is 0.270 e. The standard InChI is InChI=1S/C14H20N2O4/c1-11-8-12(10-13(9-11)16(19)20)14(18)15-6-4-2-3-5-7-17/h8-10,17H,2-7H2,1H3,(H,15,18). The molecule has 0 fully saturated rings. The van der Waals surface area contributed by atoms with E-state index in [9.17, 15) is 14.9 Å². The molecule has 6 heteroatoms. The molecule has 20 heavy (non-hydrogen) atoms. The van der Waals surface area contributed by atoms with Gasteiger partial charge in [-0.05, 0) is 31.4 Å². The summed E-state index contributed by atoms with van der Waals surface area (Å²) in [5, 5.41) is 22.1. The van der Waals surface area contributed by atoms with Crippen LogP contribution in [0.15, 0.2) is 18.2 Å². The summed E-state index contributed by atoms with van der Waals surface area (Å²) in [6.07, 6.45) is 3.48. The maximum atomic E-state index is 11.9. The van der Waals surface area contributed by atoms with Gasteiger partial charge in [0.1, 0.15) is 0 Å². The molecule has 6 nitrogen and oxygen atoms in total. The molecular weight excluding hydrogens is 260 g/mol. The Morgan fingerprint density at radius 1 is 1.25 bits per heavy atom. The van der Waals surface area contributed by atoms with Gasteiger partial charge in [0.05, 0.1) is 4.92 Å². The number of rotatable bonds is 8. The number of aliphatic hydroxyl groups is 1. The third kappa shape index (κ3) is 5.36. The highest BCUT2D eigenvalue weighted by atomic mass is 16.6. The molecule has 0 saturated carbocycles. The summed E-state index contributed by atoms with van der Waals surface area (Å²) in [7, 11) is 0. The van der Waals surface area contributed by atoms with Crippen LogP contribution in [-0.4, -0.2) is 29.1 Å². The first kappa shape index (κ1) is 16.1. The lowest BCUT2D eigenvalue weighted by Gasteiger charge is -2.06. The largest absolute Gasteiger partial charge is 0.396 e. The molecule has 0 aliphatic heterocycles. The van der Waals surface area contributed by atoms with Gasteiger partial charge in [-0.25, -0.2) is 0 Å². The van der Waals surface area contributed by atoms with Crippen molar-refractivity contribution >= 4 is 11.6 Å². The van der Waals surface area contributed by atoms with Gasteiger partial charge < -0.3 is 10.4 Å². The average molecular weight is 280 g/mol. The summed E-state index contributed by atoms with van der Waals surface area (Å²) in [5.41, 5.74) is 0.928. The van der Waals surface area contributed by atoms with Gasteiger partial charge in [-0.15, -0.1) is 0 Å². The lowest BCUT2D eigenvalue weighted by molar-refractivity contribution is -0.384. The van der Waals surface area contributed by atoms with E-state index in [1.54, 1.807) is 13.0 Å². The molecule has 0 aromatic heterocycles. The van der Waals surface area contributed by atoms with Crippen LogP contribution in [0.25, 0.3) is 0 Å². The lowest BCUT2D eigenvalue weighted by Crippen LogP contribution is -2.24. The number of non-ortho nitro benzene ring substituents is 1. The fourth-order valence-electron chi connectivity index (χ4n) is 1.89. The van der Waals surface area contributed by atoms with Crippen molar-refractivity contribution in [3.8, 4) is 0 Å². The molecule has 110 valence electrons. The molecule has 0 spiro atoms. The van der Waals surface area contributed by atoms with Gasteiger partial charge in [-0.1, -0.05) is 12.8 Å². The molecule has 0 unspecified atom stereocenters. The van der Waals surface area contributed by atoms with Gasteiger partial charge in [0.2, 0.25) is 0 Å². The van der Waals surface area contributed by atoms with Gasteiger partial charge in [0.25, 0.3) is 11.6 Å². The number of carbonyl (C=O) groups is 1. The zero-order valence-corrected chi connectivity index (χ0v) is 11.6. The maximum absolute atomic E-state index is 11.9. The van der Waals surface area contributed by atoms with Crippen LogP contribution >= 0.6 is 0 Å². The molecule has 0 aliphatic rings. The van der Waals surface area contributed by atoms with Crippen molar-refractivity contribution in [1.82, 2.24) is 5.32 Å². The second kappa shape index (κ2) is 8.27. The van der Waals surface area contributed by atoms with E-state index < -0.39 is 4.92 Å². The zero-order valence-electron chi connectivity index (χ0n) is 11.6. The van der Waals surface area contributed by atoms with Crippen LogP contribution in [0.2, 0.25) is 0 Å². The molecule has 0 saturated heterocycles. The number of nitrogens with one attached hydrogen (secondary N) is 1. The summed E-state index contributed by atoms with van der Waals surface area (Å²) in [4.78, 5) is 22.1. The number of nitrogens with zero attached hydrogens (tertiary/aromatic N) is 1. The van der Waals surface area contributed by atoms with E-state index in [4.69, 9.17) is 5.11 Å². The quantitative estimate of drug-likeness (QED) is 0.433. The van der Waals surface area contributed by atoms with Crippen LogP contribution in [0.4, 0.5) is 5.69 Å². The molecule has 1 aromatic rings. The molecule has 0 atom stereocenters. The minimum absolute atomic E-state index is 0.0712. The highest BCUT2D eigenvalue weighted by molar-refractivity contribution is 5.95. The zero-order chi connectivity index (χ0) is 15.0. The molecule has 0 bridgehead atoms. The normalized spacial score (nSPS) is 10.3. The van der Waals surface area contributed by atoms with Crippen LogP contribution < -0.4 is 5.32 Å². The van der Waals surface area contributed by atoms with Crippen LogP contribution in [0.1, 0.15) is 41.6 Å². The summed E-state index contributed by atoms with van der Waals surface area (Å²) in [6, 6.07) is 4.36. The van der Waals surface area contributed by atoms with E-state index in [0.717, 1.165) is 25.7 Å². The van der Waals surface area contributed by atoms with E-state index >= 15 is 0 Å². The Labute approximate surface area is 118 Å². The summed E-state index contributed by atoms with van der Waals surface area (Å²) in [6.45, 7) is 2.45. The minimum atomic E-state index is -0.501. The molecule has 1 amide bonds. The number of benzene rings is 1. The first-order valence-corrected chi connectivity index (χ1v) is 6.69. The Hall–Kier alpha value is -1.95. The second-order valence-corrected chi connectivity index (χ2v) is 4.71. The predicted molar refractivity (Wildman–Crippen MR) is 75.7 cm³/mol. The van der Waals surface area contributed by atoms with Gasteiger partial charge in [0.15, 0.2) is 0 Å². The number of hydrogen-bond acceptors (Lipinski definition) is 4. The summed E-state index contributed by atoms with van der Waals surface area (Å²) >= 11 is 0. The Kier molecular flexibility index (Phi) is 6.66. The van der Waals surface area contributed by atoms with Crippen molar-refractivity contribution in [3.05, 3.63) is 39.4 Å². The highest BCUT2D eigenvalue weighted by Gasteiger charge is 2.12. The Balaban J connectivity index is 2.49. The van der Waals surface area contributed by atoms with Gasteiger partial charge >= 0.3 is 0 Å². The van der Waals surface area contributed by atoms with Crippen molar-refractivity contribution in [2.24, 2.45) is 0 Å². The Morgan fingerprint density at radius 3 is 2.60 bits per heavy atom. The molecule has 2 N–H and O–H groups in total. The molecule has 1 rings (SSSR count). The number of hydrogen-bond donors (Lipinski definition) is 2. The topological polar surface area (TPSA) is 92.5 Å². The molecular formula is C14H20N2O4. The van der Waals surface area contributed by atoms with E-state index in [1.165, 1.54) is 12.1 Å².